The van der Waals surface area contributed by atoms with Crippen LogP contribution in [0.15, 0.2) is 0 Å². The standard InChI is InChI=1S/C7H16N2/c1-5-2-3-6(8)7(9)4-5/h5-7H,2-4,8-9H2,1H3/t5-,6+,7-/m1/s1. The quantitative estimate of drug-likeness (QED) is 0.498. The molecule has 1 aliphatic rings. The Morgan fingerprint density at radius 2 is 1.78 bits per heavy atom. The van der Waals surface area contributed by atoms with E-state index >= 15 is 0 Å². The molecule has 4 N–H and O–H groups in total. The van der Waals surface area contributed by atoms with Crippen LogP contribution in [0.1, 0.15) is 26.2 Å². The summed E-state index contributed by atoms with van der Waals surface area (Å²) >= 11 is 0. The Labute approximate surface area is 56.6 Å². The molecule has 1 aliphatic carbocycles. The Morgan fingerprint density at radius 3 is 2.22 bits per heavy atom. The van der Waals surface area contributed by atoms with Gasteiger partial charge in [0.25, 0.3) is 0 Å². The van der Waals surface area contributed by atoms with Gasteiger partial charge in [0, 0.05) is 12.1 Å². The third-order valence-electron chi connectivity index (χ3n) is 2.22. The summed E-state index contributed by atoms with van der Waals surface area (Å²) in [6.07, 6.45) is 3.48. The van der Waals surface area contributed by atoms with Crippen molar-refractivity contribution in [1.29, 1.82) is 0 Å². The van der Waals surface area contributed by atoms with E-state index in [1.807, 2.05) is 0 Å². The smallest absolute Gasteiger partial charge is 0.0194 e. The summed E-state index contributed by atoms with van der Waals surface area (Å²) < 4.78 is 0. The molecular formula is C7H16N2. The third-order valence-corrected chi connectivity index (χ3v) is 2.22. The Bertz CT molecular complexity index is 92.9. The van der Waals surface area contributed by atoms with Crippen molar-refractivity contribution in [2.45, 2.75) is 38.3 Å². The van der Waals surface area contributed by atoms with Gasteiger partial charge in [-0.15, -0.1) is 0 Å². The van der Waals surface area contributed by atoms with Crippen LogP contribution in [0.2, 0.25) is 0 Å². The second-order valence-corrected chi connectivity index (χ2v) is 3.25. The Morgan fingerprint density at radius 1 is 1.11 bits per heavy atom. The molecule has 0 radical (unpaired) electrons. The lowest BCUT2D eigenvalue weighted by Gasteiger charge is -2.29. The van der Waals surface area contributed by atoms with Crippen molar-refractivity contribution in [1.82, 2.24) is 0 Å². The predicted octanol–water partition coefficient (Wildman–Crippen LogP) is 0.461. The summed E-state index contributed by atoms with van der Waals surface area (Å²) in [7, 11) is 0. The van der Waals surface area contributed by atoms with Crippen molar-refractivity contribution in [2.24, 2.45) is 17.4 Å². The lowest BCUT2D eigenvalue weighted by molar-refractivity contribution is 0.307. The fraction of sp³-hybridized carbons (Fsp3) is 1.00. The van der Waals surface area contributed by atoms with Gasteiger partial charge in [-0.2, -0.15) is 0 Å². The minimum atomic E-state index is 0.258. The number of hydrogen-bond acceptors (Lipinski definition) is 2. The van der Waals surface area contributed by atoms with Gasteiger partial charge in [0.2, 0.25) is 0 Å². The van der Waals surface area contributed by atoms with Gasteiger partial charge in [0.15, 0.2) is 0 Å². The van der Waals surface area contributed by atoms with E-state index < -0.39 is 0 Å². The number of hydrogen-bond donors (Lipinski definition) is 2. The van der Waals surface area contributed by atoms with E-state index in [0.29, 0.717) is 0 Å². The van der Waals surface area contributed by atoms with E-state index in [-0.39, 0.29) is 12.1 Å². The van der Waals surface area contributed by atoms with Crippen LogP contribution in [0.4, 0.5) is 0 Å². The van der Waals surface area contributed by atoms with Gasteiger partial charge < -0.3 is 11.5 Å². The summed E-state index contributed by atoms with van der Waals surface area (Å²) in [5, 5.41) is 0. The first-order valence-electron chi connectivity index (χ1n) is 3.71. The van der Waals surface area contributed by atoms with Crippen LogP contribution < -0.4 is 11.5 Å². The number of rotatable bonds is 0. The highest BCUT2D eigenvalue weighted by atomic mass is 14.8. The van der Waals surface area contributed by atoms with Crippen LogP contribution >= 0.6 is 0 Å². The minimum Gasteiger partial charge on any atom is -0.326 e. The van der Waals surface area contributed by atoms with Gasteiger partial charge in [-0.05, 0) is 25.2 Å². The largest absolute Gasteiger partial charge is 0.326 e. The highest BCUT2D eigenvalue weighted by molar-refractivity contribution is 4.83. The average Bonchev–Trinajstić information content (AvgIpc) is 1.80. The Kier molecular flexibility index (Phi) is 2.09. The van der Waals surface area contributed by atoms with Crippen LogP contribution in [0.5, 0.6) is 0 Å². The van der Waals surface area contributed by atoms with Crippen molar-refractivity contribution in [2.75, 3.05) is 0 Å². The predicted molar refractivity (Wildman–Crippen MR) is 39.0 cm³/mol. The lowest BCUT2D eigenvalue weighted by Crippen LogP contribution is -2.45. The first-order chi connectivity index (χ1) is 4.20. The maximum absolute atomic E-state index is 5.74. The molecule has 1 rings (SSSR count). The van der Waals surface area contributed by atoms with Gasteiger partial charge >= 0.3 is 0 Å². The molecule has 2 heteroatoms. The maximum Gasteiger partial charge on any atom is 0.0194 e. The zero-order valence-corrected chi connectivity index (χ0v) is 6.01. The van der Waals surface area contributed by atoms with Gasteiger partial charge in [0.05, 0.1) is 0 Å². The van der Waals surface area contributed by atoms with Crippen molar-refractivity contribution in [3.63, 3.8) is 0 Å². The molecule has 0 saturated heterocycles. The zero-order valence-electron chi connectivity index (χ0n) is 6.01. The van der Waals surface area contributed by atoms with Crippen LogP contribution in [-0.4, -0.2) is 12.1 Å². The molecule has 2 nitrogen and oxygen atoms in total. The molecule has 0 unspecified atom stereocenters. The van der Waals surface area contributed by atoms with E-state index in [1.165, 1.54) is 6.42 Å². The lowest BCUT2D eigenvalue weighted by atomic mass is 9.84. The van der Waals surface area contributed by atoms with Crippen LogP contribution in [0.3, 0.4) is 0 Å². The fourth-order valence-corrected chi connectivity index (χ4v) is 1.45. The molecule has 3 atom stereocenters. The molecule has 9 heavy (non-hydrogen) atoms. The molecule has 0 aliphatic heterocycles. The topological polar surface area (TPSA) is 52.0 Å². The fourth-order valence-electron chi connectivity index (χ4n) is 1.45. The van der Waals surface area contributed by atoms with E-state index in [0.717, 1.165) is 18.8 Å². The zero-order chi connectivity index (χ0) is 6.85. The molecule has 1 fully saturated rings. The first-order valence-corrected chi connectivity index (χ1v) is 3.71. The van der Waals surface area contributed by atoms with Gasteiger partial charge in [-0.1, -0.05) is 6.92 Å². The van der Waals surface area contributed by atoms with E-state index in [9.17, 15) is 0 Å². The molecule has 0 aromatic carbocycles. The Hall–Kier alpha value is -0.0800. The van der Waals surface area contributed by atoms with Crippen LogP contribution in [-0.2, 0) is 0 Å². The molecular weight excluding hydrogens is 112 g/mol. The van der Waals surface area contributed by atoms with Crippen molar-refractivity contribution >= 4 is 0 Å². The molecule has 1 saturated carbocycles. The first kappa shape index (κ1) is 7.03. The van der Waals surface area contributed by atoms with Gasteiger partial charge in [0.1, 0.15) is 0 Å². The molecule has 0 spiro atoms. The minimum absolute atomic E-state index is 0.258. The normalized spacial score (nSPS) is 45.0. The monoisotopic (exact) mass is 128 g/mol. The second-order valence-electron chi connectivity index (χ2n) is 3.25. The SMILES string of the molecule is C[C@@H]1CC[C@H](N)[C@H](N)C1. The summed E-state index contributed by atoms with van der Waals surface area (Å²) in [5.74, 6) is 0.791. The summed E-state index contributed by atoms with van der Waals surface area (Å²) in [4.78, 5) is 0. The van der Waals surface area contributed by atoms with Gasteiger partial charge in [-0.25, -0.2) is 0 Å². The van der Waals surface area contributed by atoms with E-state index in [2.05, 4.69) is 6.92 Å². The molecule has 0 amide bonds. The molecule has 0 aromatic rings. The van der Waals surface area contributed by atoms with E-state index in [1.54, 1.807) is 0 Å². The highest BCUT2D eigenvalue weighted by Gasteiger charge is 2.21. The molecule has 0 aromatic heterocycles. The Balaban J connectivity index is 2.35. The van der Waals surface area contributed by atoms with Crippen molar-refractivity contribution in [3.8, 4) is 0 Å². The van der Waals surface area contributed by atoms with Crippen LogP contribution in [0.25, 0.3) is 0 Å². The van der Waals surface area contributed by atoms with Crippen LogP contribution in [0, 0.1) is 5.92 Å². The van der Waals surface area contributed by atoms with Crippen molar-refractivity contribution in [3.05, 3.63) is 0 Å². The molecule has 0 heterocycles. The summed E-state index contributed by atoms with van der Waals surface area (Å²) in [6, 6.07) is 0.523. The van der Waals surface area contributed by atoms with Crippen molar-refractivity contribution < 1.29 is 0 Å². The molecule has 0 bridgehead atoms. The summed E-state index contributed by atoms with van der Waals surface area (Å²) in [5.41, 5.74) is 11.5. The van der Waals surface area contributed by atoms with Gasteiger partial charge in [-0.3, -0.25) is 0 Å². The number of nitrogens with two attached hydrogens (primary N) is 2. The highest BCUT2D eigenvalue weighted by Crippen LogP contribution is 2.21. The second kappa shape index (κ2) is 2.67. The maximum atomic E-state index is 5.74. The summed E-state index contributed by atoms with van der Waals surface area (Å²) in [6.45, 7) is 2.24. The molecule has 54 valence electrons. The average molecular weight is 128 g/mol. The third kappa shape index (κ3) is 1.66. The van der Waals surface area contributed by atoms with E-state index in [4.69, 9.17) is 11.5 Å².